The number of nitrogens with one attached hydrogen (secondary N) is 2. The molecule has 0 aliphatic rings. The number of rotatable bonds is 8. The van der Waals surface area contributed by atoms with Crippen LogP contribution in [0.4, 0.5) is 11.4 Å². The number of ketones is 2. The lowest BCUT2D eigenvalue weighted by atomic mass is 9.92. The average molecular weight is 372 g/mol. The van der Waals surface area contributed by atoms with Gasteiger partial charge in [-0.1, -0.05) is 30.3 Å². The van der Waals surface area contributed by atoms with Crippen molar-refractivity contribution >= 4 is 22.9 Å². The summed E-state index contributed by atoms with van der Waals surface area (Å²) >= 11 is 0. The van der Waals surface area contributed by atoms with Crippen LogP contribution < -0.4 is 10.6 Å². The Hall–Kier alpha value is -3.40. The zero-order valence-corrected chi connectivity index (χ0v) is 16.2. The Morgan fingerprint density at radius 3 is 1.82 bits per heavy atom. The minimum absolute atomic E-state index is 0.159. The molecule has 4 nitrogen and oxygen atoms in total. The second-order valence-corrected chi connectivity index (χ2v) is 6.42. The summed E-state index contributed by atoms with van der Waals surface area (Å²) in [5.74, 6) is -0.321. The first-order valence-electron chi connectivity index (χ1n) is 9.50. The Balaban J connectivity index is 2.01. The molecule has 3 rings (SSSR count). The molecule has 0 fully saturated rings. The molecule has 3 aromatic rings. The summed E-state index contributed by atoms with van der Waals surface area (Å²) in [5, 5.41) is 6.42. The van der Waals surface area contributed by atoms with Gasteiger partial charge in [-0.15, -0.1) is 0 Å². The molecule has 0 aromatic heterocycles. The molecule has 0 amide bonds. The summed E-state index contributed by atoms with van der Waals surface area (Å²) in [4.78, 5) is 26.3. The molecule has 0 aliphatic heterocycles. The van der Waals surface area contributed by atoms with Crippen molar-refractivity contribution in [2.45, 2.75) is 13.8 Å². The normalized spacial score (nSPS) is 10.4. The predicted octanol–water partition coefficient (Wildman–Crippen LogP) is 5.01. The van der Waals surface area contributed by atoms with Crippen LogP contribution in [0.1, 0.15) is 45.7 Å². The maximum absolute atomic E-state index is 13.1. The first-order valence-corrected chi connectivity index (χ1v) is 9.50. The maximum atomic E-state index is 13.1. The predicted molar refractivity (Wildman–Crippen MR) is 115 cm³/mol. The number of hydrogen-bond acceptors (Lipinski definition) is 4. The lowest BCUT2D eigenvalue weighted by molar-refractivity contribution is 0.100. The first kappa shape index (κ1) is 19.4. The molecule has 0 bridgehead atoms. The number of hydrogen-bond donors (Lipinski definition) is 2. The van der Waals surface area contributed by atoms with E-state index >= 15 is 0 Å². The van der Waals surface area contributed by atoms with Crippen LogP contribution in [-0.2, 0) is 0 Å². The molecule has 142 valence electrons. The lowest BCUT2D eigenvalue weighted by Crippen LogP contribution is -2.12. The third kappa shape index (κ3) is 4.29. The second-order valence-electron chi connectivity index (χ2n) is 6.42. The topological polar surface area (TPSA) is 58.2 Å². The van der Waals surface area contributed by atoms with Crippen LogP contribution in [0.5, 0.6) is 0 Å². The standard InChI is InChI=1S/C24H24N2O2/c1-3-25-19-12-10-18(11-13-19)23(27)21-15-14-20(26-4-2)16-22(21)24(28)17-8-6-5-7-9-17/h5-16,25-26H,3-4H2,1-2H3. The molecule has 2 N–H and O–H groups in total. The first-order chi connectivity index (χ1) is 13.6. The highest BCUT2D eigenvalue weighted by Crippen LogP contribution is 2.23. The highest BCUT2D eigenvalue weighted by atomic mass is 16.1. The van der Waals surface area contributed by atoms with Gasteiger partial charge in [0.2, 0.25) is 0 Å². The van der Waals surface area contributed by atoms with Crippen LogP contribution in [-0.4, -0.2) is 24.7 Å². The van der Waals surface area contributed by atoms with Gasteiger partial charge in [0.1, 0.15) is 0 Å². The smallest absolute Gasteiger partial charge is 0.193 e. The number of carbonyl (C=O) groups is 2. The van der Waals surface area contributed by atoms with E-state index in [9.17, 15) is 9.59 Å². The molecule has 3 aromatic carbocycles. The van der Waals surface area contributed by atoms with Crippen molar-refractivity contribution in [2.24, 2.45) is 0 Å². The number of carbonyl (C=O) groups excluding carboxylic acids is 2. The minimum Gasteiger partial charge on any atom is -0.385 e. The molecule has 0 saturated heterocycles. The van der Waals surface area contributed by atoms with Gasteiger partial charge in [-0.05, 0) is 56.3 Å². The molecule has 0 aliphatic carbocycles. The highest BCUT2D eigenvalue weighted by molar-refractivity contribution is 6.20. The zero-order valence-electron chi connectivity index (χ0n) is 16.2. The van der Waals surface area contributed by atoms with E-state index in [1.807, 2.05) is 50.2 Å². The average Bonchev–Trinajstić information content (AvgIpc) is 2.74. The summed E-state index contributed by atoms with van der Waals surface area (Å²) in [6.07, 6.45) is 0. The van der Waals surface area contributed by atoms with E-state index in [2.05, 4.69) is 10.6 Å². The Bertz CT molecular complexity index is 964. The van der Waals surface area contributed by atoms with E-state index in [0.717, 1.165) is 24.5 Å². The van der Waals surface area contributed by atoms with Gasteiger partial charge in [0.25, 0.3) is 0 Å². The van der Waals surface area contributed by atoms with Crippen LogP contribution in [0.15, 0.2) is 72.8 Å². The molecular weight excluding hydrogens is 348 g/mol. The molecule has 0 radical (unpaired) electrons. The fourth-order valence-electron chi connectivity index (χ4n) is 3.09. The molecule has 0 atom stereocenters. The Labute approximate surface area is 165 Å². The van der Waals surface area contributed by atoms with E-state index < -0.39 is 0 Å². The van der Waals surface area contributed by atoms with Gasteiger partial charge in [-0.2, -0.15) is 0 Å². The molecule has 4 heteroatoms. The molecule has 28 heavy (non-hydrogen) atoms. The fraction of sp³-hybridized carbons (Fsp3) is 0.167. The molecule has 0 unspecified atom stereocenters. The van der Waals surface area contributed by atoms with Gasteiger partial charge >= 0.3 is 0 Å². The van der Waals surface area contributed by atoms with E-state index in [-0.39, 0.29) is 11.6 Å². The van der Waals surface area contributed by atoms with Crippen molar-refractivity contribution in [1.29, 1.82) is 0 Å². The summed E-state index contributed by atoms with van der Waals surface area (Å²) in [5.41, 5.74) is 3.72. The van der Waals surface area contributed by atoms with Crippen LogP contribution in [0, 0.1) is 0 Å². The molecule has 0 saturated carbocycles. The van der Waals surface area contributed by atoms with E-state index in [0.29, 0.717) is 22.3 Å². The zero-order chi connectivity index (χ0) is 19.9. The minimum atomic E-state index is -0.162. The van der Waals surface area contributed by atoms with Gasteiger partial charge in [0.15, 0.2) is 11.6 Å². The largest absolute Gasteiger partial charge is 0.385 e. The van der Waals surface area contributed by atoms with E-state index in [1.54, 1.807) is 36.4 Å². The Kier molecular flexibility index (Phi) is 6.22. The van der Waals surface area contributed by atoms with Gasteiger partial charge in [-0.25, -0.2) is 0 Å². The van der Waals surface area contributed by atoms with Crippen molar-refractivity contribution in [3.63, 3.8) is 0 Å². The summed E-state index contributed by atoms with van der Waals surface area (Å²) < 4.78 is 0. The van der Waals surface area contributed by atoms with E-state index in [4.69, 9.17) is 0 Å². The second kappa shape index (κ2) is 9.00. The SMILES string of the molecule is CCNc1ccc(C(=O)c2ccc(NCC)cc2C(=O)c2ccccc2)cc1. The van der Waals surface area contributed by atoms with Gasteiger partial charge in [0, 0.05) is 46.7 Å². The molecule has 0 spiro atoms. The number of anilines is 2. The summed E-state index contributed by atoms with van der Waals surface area (Å²) in [7, 11) is 0. The van der Waals surface area contributed by atoms with Crippen molar-refractivity contribution in [2.75, 3.05) is 23.7 Å². The van der Waals surface area contributed by atoms with Crippen LogP contribution >= 0.6 is 0 Å². The Morgan fingerprint density at radius 2 is 1.18 bits per heavy atom. The van der Waals surface area contributed by atoms with Crippen LogP contribution in [0.3, 0.4) is 0 Å². The van der Waals surface area contributed by atoms with Gasteiger partial charge < -0.3 is 10.6 Å². The monoisotopic (exact) mass is 372 g/mol. The number of benzene rings is 3. The van der Waals surface area contributed by atoms with Crippen molar-refractivity contribution in [1.82, 2.24) is 0 Å². The summed E-state index contributed by atoms with van der Waals surface area (Å²) in [6, 6.07) is 21.7. The Morgan fingerprint density at radius 1 is 0.643 bits per heavy atom. The third-order valence-corrected chi connectivity index (χ3v) is 4.45. The summed E-state index contributed by atoms with van der Waals surface area (Å²) in [6.45, 7) is 5.56. The molecular formula is C24H24N2O2. The highest BCUT2D eigenvalue weighted by Gasteiger charge is 2.20. The van der Waals surface area contributed by atoms with Crippen molar-refractivity contribution in [3.05, 3.63) is 95.1 Å². The fourth-order valence-corrected chi connectivity index (χ4v) is 3.09. The maximum Gasteiger partial charge on any atom is 0.193 e. The van der Waals surface area contributed by atoms with Gasteiger partial charge in [-0.3, -0.25) is 9.59 Å². The van der Waals surface area contributed by atoms with E-state index in [1.165, 1.54) is 0 Å². The third-order valence-electron chi connectivity index (χ3n) is 4.45. The quantitative estimate of drug-likeness (QED) is 0.546. The van der Waals surface area contributed by atoms with Crippen LogP contribution in [0.2, 0.25) is 0 Å². The van der Waals surface area contributed by atoms with Crippen molar-refractivity contribution in [3.8, 4) is 0 Å². The van der Waals surface area contributed by atoms with Gasteiger partial charge in [0.05, 0.1) is 0 Å². The van der Waals surface area contributed by atoms with Crippen molar-refractivity contribution < 1.29 is 9.59 Å². The lowest BCUT2D eigenvalue weighted by Gasteiger charge is -2.12. The molecule has 0 heterocycles. The van der Waals surface area contributed by atoms with Crippen LogP contribution in [0.25, 0.3) is 0 Å².